The van der Waals surface area contributed by atoms with E-state index < -0.39 is 0 Å². The van der Waals surface area contributed by atoms with Crippen molar-refractivity contribution in [2.24, 2.45) is 0 Å². The number of furan rings is 1. The van der Waals surface area contributed by atoms with Crippen molar-refractivity contribution in [2.75, 3.05) is 6.54 Å². The molecule has 1 aliphatic heterocycles. The Labute approximate surface area is 159 Å². The second-order valence-electron chi connectivity index (χ2n) is 5.49. The van der Waals surface area contributed by atoms with Gasteiger partial charge in [-0.25, -0.2) is 0 Å². The van der Waals surface area contributed by atoms with Gasteiger partial charge in [0.15, 0.2) is 0 Å². The van der Waals surface area contributed by atoms with Gasteiger partial charge in [0.2, 0.25) is 0 Å². The number of thioether (sulfide) groups is 1. The summed E-state index contributed by atoms with van der Waals surface area (Å²) in [6, 6.07) is 8.66. The van der Waals surface area contributed by atoms with E-state index in [2.05, 4.69) is 0 Å². The lowest BCUT2D eigenvalue weighted by molar-refractivity contribution is -0.122. The first-order chi connectivity index (χ1) is 12.0. The van der Waals surface area contributed by atoms with E-state index in [0.717, 1.165) is 24.6 Å². The first kappa shape index (κ1) is 18.1. The van der Waals surface area contributed by atoms with Gasteiger partial charge >= 0.3 is 0 Å². The third kappa shape index (κ3) is 3.78. The quantitative estimate of drug-likeness (QED) is 0.574. The maximum Gasteiger partial charge on any atom is 0.293 e. The normalized spacial score (nSPS) is 16.3. The number of unbranched alkanes of at least 4 members (excludes halogenated alkanes) is 1. The zero-order valence-electron chi connectivity index (χ0n) is 13.4. The van der Waals surface area contributed by atoms with Gasteiger partial charge in [-0.15, -0.1) is 0 Å². The van der Waals surface area contributed by atoms with Crippen LogP contribution < -0.4 is 0 Å². The Morgan fingerprint density at radius 3 is 2.56 bits per heavy atom. The van der Waals surface area contributed by atoms with Crippen LogP contribution in [0.4, 0.5) is 4.79 Å². The van der Waals surface area contributed by atoms with E-state index in [1.165, 1.54) is 4.90 Å². The number of nitrogens with zero attached hydrogens (tertiary/aromatic N) is 1. The lowest BCUT2D eigenvalue weighted by Gasteiger charge is -2.10. The fraction of sp³-hybridized carbons (Fsp3) is 0.222. The van der Waals surface area contributed by atoms with Crippen LogP contribution in [0.2, 0.25) is 10.0 Å². The van der Waals surface area contributed by atoms with Crippen LogP contribution >= 0.6 is 35.0 Å². The summed E-state index contributed by atoms with van der Waals surface area (Å²) in [6.07, 6.45) is 3.28. The van der Waals surface area contributed by atoms with E-state index in [1.54, 1.807) is 36.4 Å². The number of benzene rings is 1. The molecule has 7 heteroatoms. The Hall–Kier alpha value is -1.69. The monoisotopic (exact) mass is 395 g/mol. The number of imide groups is 1. The summed E-state index contributed by atoms with van der Waals surface area (Å²) in [5.74, 6) is 0.691. The molecule has 25 heavy (non-hydrogen) atoms. The van der Waals surface area contributed by atoms with Crippen LogP contribution in [-0.2, 0) is 4.79 Å². The number of hydrogen-bond acceptors (Lipinski definition) is 4. The van der Waals surface area contributed by atoms with Crippen LogP contribution in [0.15, 0.2) is 39.7 Å². The fourth-order valence-corrected chi connectivity index (χ4v) is 3.86. The predicted octanol–water partition coefficient (Wildman–Crippen LogP) is 6.09. The Kier molecular flexibility index (Phi) is 5.57. The Bertz CT molecular complexity index is 840. The summed E-state index contributed by atoms with van der Waals surface area (Å²) in [5.41, 5.74) is 0.599. The molecular formula is C18H15Cl2NO3S. The molecule has 0 saturated carbocycles. The highest BCUT2D eigenvalue weighted by molar-refractivity contribution is 8.18. The molecule has 2 aromatic rings. The molecule has 0 N–H and O–H groups in total. The molecule has 0 unspecified atom stereocenters. The zero-order valence-corrected chi connectivity index (χ0v) is 15.7. The van der Waals surface area contributed by atoms with Gasteiger partial charge in [0.1, 0.15) is 11.5 Å². The van der Waals surface area contributed by atoms with E-state index in [0.29, 0.717) is 38.6 Å². The number of hydrogen-bond donors (Lipinski definition) is 0. The van der Waals surface area contributed by atoms with Gasteiger partial charge in [-0.3, -0.25) is 14.5 Å². The van der Waals surface area contributed by atoms with Crippen LogP contribution in [0.3, 0.4) is 0 Å². The fourth-order valence-electron chi connectivity index (χ4n) is 2.44. The Balaban J connectivity index is 1.85. The van der Waals surface area contributed by atoms with Gasteiger partial charge in [0.05, 0.1) is 20.5 Å². The largest absolute Gasteiger partial charge is 0.457 e. The molecule has 1 aliphatic rings. The molecule has 0 atom stereocenters. The van der Waals surface area contributed by atoms with Crippen LogP contribution in [0.5, 0.6) is 0 Å². The Morgan fingerprint density at radius 1 is 1.16 bits per heavy atom. The van der Waals surface area contributed by atoms with Gasteiger partial charge in [-0.05, 0) is 42.4 Å². The summed E-state index contributed by atoms with van der Waals surface area (Å²) >= 11 is 13.3. The molecule has 0 bridgehead atoms. The molecule has 0 aliphatic carbocycles. The molecular weight excluding hydrogens is 381 g/mol. The van der Waals surface area contributed by atoms with Crippen molar-refractivity contribution in [1.29, 1.82) is 0 Å². The highest BCUT2D eigenvalue weighted by Crippen LogP contribution is 2.37. The third-order valence-electron chi connectivity index (χ3n) is 3.72. The van der Waals surface area contributed by atoms with Crippen molar-refractivity contribution >= 4 is 52.2 Å². The summed E-state index contributed by atoms with van der Waals surface area (Å²) in [4.78, 5) is 25.9. The van der Waals surface area contributed by atoms with Crippen molar-refractivity contribution < 1.29 is 14.0 Å². The van der Waals surface area contributed by atoms with Crippen molar-refractivity contribution in [2.45, 2.75) is 19.8 Å². The maximum absolute atomic E-state index is 12.3. The first-order valence-electron chi connectivity index (χ1n) is 7.81. The number of amides is 2. The summed E-state index contributed by atoms with van der Waals surface area (Å²) in [5, 5.41) is 0.715. The van der Waals surface area contributed by atoms with E-state index in [1.807, 2.05) is 6.92 Å². The van der Waals surface area contributed by atoms with Gasteiger partial charge in [0.25, 0.3) is 11.1 Å². The van der Waals surface area contributed by atoms with Crippen molar-refractivity contribution in [3.8, 4) is 11.3 Å². The molecule has 3 rings (SSSR count). The number of halogens is 2. The minimum Gasteiger partial charge on any atom is -0.457 e. The number of carbonyl (C=O) groups excluding carboxylic acids is 2. The minimum absolute atomic E-state index is 0.245. The topological polar surface area (TPSA) is 50.5 Å². The summed E-state index contributed by atoms with van der Waals surface area (Å²) in [6.45, 7) is 2.45. The molecule has 1 saturated heterocycles. The van der Waals surface area contributed by atoms with Gasteiger partial charge in [0, 0.05) is 12.6 Å². The van der Waals surface area contributed by atoms with Crippen LogP contribution in [0.25, 0.3) is 17.4 Å². The van der Waals surface area contributed by atoms with Gasteiger partial charge < -0.3 is 4.42 Å². The summed E-state index contributed by atoms with van der Waals surface area (Å²) < 4.78 is 5.75. The Morgan fingerprint density at radius 2 is 1.88 bits per heavy atom. The van der Waals surface area contributed by atoms with Crippen molar-refractivity contribution in [1.82, 2.24) is 4.90 Å². The second-order valence-corrected chi connectivity index (χ2v) is 7.29. The molecule has 2 amide bonds. The molecule has 1 aromatic heterocycles. The molecule has 0 spiro atoms. The average molecular weight is 396 g/mol. The van der Waals surface area contributed by atoms with Gasteiger partial charge in [-0.2, -0.15) is 0 Å². The van der Waals surface area contributed by atoms with Crippen LogP contribution in [0, 0.1) is 0 Å². The predicted molar refractivity (Wildman–Crippen MR) is 102 cm³/mol. The first-order valence-corrected chi connectivity index (χ1v) is 9.38. The van der Waals surface area contributed by atoms with Crippen molar-refractivity contribution in [3.63, 3.8) is 0 Å². The molecule has 130 valence electrons. The smallest absolute Gasteiger partial charge is 0.293 e. The lowest BCUT2D eigenvalue weighted by Crippen LogP contribution is -2.29. The lowest BCUT2D eigenvalue weighted by atomic mass is 10.2. The molecule has 2 heterocycles. The standard InChI is InChI=1S/C18H15Cl2NO3S/c1-2-3-9-21-17(22)15(25-18(21)23)10-11-7-8-14(24-11)16-12(19)5-4-6-13(16)20/h4-8,10H,2-3,9H2,1H3. The number of carbonyl (C=O) groups is 2. The van der Waals surface area contributed by atoms with Crippen LogP contribution in [-0.4, -0.2) is 22.6 Å². The second kappa shape index (κ2) is 7.68. The molecule has 0 radical (unpaired) electrons. The molecule has 1 fully saturated rings. The van der Waals surface area contributed by atoms with E-state index >= 15 is 0 Å². The molecule has 4 nitrogen and oxygen atoms in total. The highest BCUT2D eigenvalue weighted by Gasteiger charge is 2.34. The van der Waals surface area contributed by atoms with Crippen molar-refractivity contribution in [3.05, 3.63) is 51.0 Å². The third-order valence-corrected chi connectivity index (χ3v) is 5.26. The molecule has 1 aromatic carbocycles. The van der Waals surface area contributed by atoms with E-state index in [9.17, 15) is 9.59 Å². The minimum atomic E-state index is -0.280. The van der Waals surface area contributed by atoms with Gasteiger partial charge in [-0.1, -0.05) is 42.6 Å². The van der Waals surface area contributed by atoms with Crippen LogP contribution in [0.1, 0.15) is 25.5 Å². The van der Waals surface area contributed by atoms with E-state index in [-0.39, 0.29) is 11.1 Å². The highest BCUT2D eigenvalue weighted by atomic mass is 35.5. The van der Waals surface area contributed by atoms with E-state index in [4.69, 9.17) is 27.6 Å². The number of rotatable bonds is 5. The average Bonchev–Trinajstić information content (AvgIpc) is 3.12. The SMILES string of the molecule is CCCCN1C(=O)SC(=Cc2ccc(-c3c(Cl)cccc3Cl)o2)C1=O. The maximum atomic E-state index is 12.3. The zero-order chi connectivity index (χ0) is 18.0. The summed E-state index contributed by atoms with van der Waals surface area (Å²) in [7, 11) is 0.